The number of nitrogens with one attached hydrogen (secondary N) is 1. The molecule has 136 valence electrons. The Kier molecular flexibility index (Phi) is 8.81. The highest BCUT2D eigenvalue weighted by atomic mass is 35.5. The maximum atomic E-state index is 12.2. The van der Waals surface area contributed by atoms with Crippen molar-refractivity contribution in [2.45, 2.75) is 51.1 Å². The molecule has 0 radical (unpaired) electrons. The second-order valence-electron chi connectivity index (χ2n) is 6.56. The second-order valence-corrected chi connectivity index (χ2v) is 6.56. The van der Waals surface area contributed by atoms with Crippen LogP contribution in [0.2, 0.25) is 0 Å². The van der Waals surface area contributed by atoms with E-state index in [0.717, 1.165) is 43.7 Å². The highest BCUT2D eigenvalue weighted by Gasteiger charge is 2.27. The van der Waals surface area contributed by atoms with E-state index < -0.39 is 0 Å². The lowest BCUT2D eigenvalue weighted by Crippen LogP contribution is -2.31. The largest absolute Gasteiger partial charge is 0.357 e. The van der Waals surface area contributed by atoms with Crippen LogP contribution in [-0.2, 0) is 11.3 Å². The molecule has 1 aliphatic heterocycles. The van der Waals surface area contributed by atoms with Crippen LogP contribution >= 0.6 is 24.8 Å². The molecule has 2 aliphatic rings. The zero-order chi connectivity index (χ0) is 15.4. The summed E-state index contributed by atoms with van der Waals surface area (Å²) in [4.78, 5) is 19.0. The lowest BCUT2D eigenvalue weighted by atomic mass is 10.1. The van der Waals surface area contributed by atoms with Crippen LogP contribution in [0.5, 0.6) is 0 Å². The third-order valence-corrected chi connectivity index (χ3v) is 4.80. The first-order chi connectivity index (χ1) is 10.7. The van der Waals surface area contributed by atoms with Gasteiger partial charge in [-0.3, -0.25) is 4.79 Å². The predicted molar refractivity (Wildman–Crippen MR) is 102 cm³/mol. The summed E-state index contributed by atoms with van der Waals surface area (Å²) in [5.41, 5.74) is 7.00. The van der Waals surface area contributed by atoms with Crippen molar-refractivity contribution in [3.05, 3.63) is 23.9 Å². The average molecular weight is 375 g/mol. The van der Waals surface area contributed by atoms with Gasteiger partial charge in [0.1, 0.15) is 5.82 Å². The molecule has 5 nitrogen and oxygen atoms in total. The van der Waals surface area contributed by atoms with Crippen molar-refractivity contribution >= 4 is 36.5 Å². The van der Waals surface area contributed by atoms with E-state index in [0.29, 0.717) is 6.54 Å². The number of hydrogen-bond acceptors (Lipinski definition) is 4. The fourth-order valence-corrected chi connectivity index (χ4v) is 3.45. The molecule has 1 amide bonds. The molecule has 1 saturated heterocycles. The summed E-state index contributed by atoms with van der Waals surface area (Å²) in [5, 5.41) is 3.05. The number of aromatic nitrogens is 1. The summed E-state index contributed by atoms with van der Waals surface area (Å²) in [6, 6.07) is 4.28. The Labute approximate surface area is 156 Å². The van der Waals surface area contributed by atoms with Crippen LogP contribution in [0.25, 0.3) is 0 Å². The Morgan fingerprint density at radius 2 is 2.00 bits per heavy atom. The van der Waals surface area contributed by atoms with E-state index in [1.54, 1.807) is 0 Å². The molecule has 1 aromatic rings. The van der Waals surface area contributed by atoms with E-state index in [4.69, 9.17) is 5.73 Å². The van der Waals surface area contributed by atoms with Crippen molar-refractivity contribution in [3.63, 3.8) is 0 Å². The SMILES string of the molecule is Cl.Cl.NC1CCC(C(=O)NCc2ccnc(N3CCCCC3)c2)C1. The zero-order valence-corrected chi connectivity index (χ0v) is 15.6. The number of hydrogen-bond donors (Lipinski definition) is 2. The van der Waals surface area contributed by atoms with Crippen molar-refractivity contribution in [1.82, 2.24) is 10.3 Å². The van der Waals surface area contributed by atoms with Gasteiger partial charge in [0.2, 0.25) is 5.91 Å². The topological polar surface area (TPSA) is 71.2 Å². The van der Waals surface area contributed by atoms with E-state index >= 15 is 0 Å². The molecule has 2 unspecified atom stereocenters. The van der Waals surface area contributed by atoms with Gasteiger partial charge in [-0.1, -0.05) is 0 Å². The first-order valence-electron chi connectivity index (χ1n) is 8.45. The monoisotopic (exact) mass is 374 g/mol. The van der Waals surface area contributed by atoms with Crippen LogP contribution in [0.4, 0.5) is 5.82 Å². The van der Waals surface area contributed by atoms with Gasteiger partial charge < -0.3 is 16.0 Å². The van der Waals surface area contributed by atoms with Gasteiger partial charge in [0.05, 0.1) is 0 Å². The van der Waals surface area contributed by atoms with E-state index in [2.05, 4.69) is 21.3 Å². The van der Waals surface area contributed by atoms with Crippen molar-refractivity contribution in [2.24, 2.45) is 11.7 Å². The maximum absolute atomic E-state index is 12.2. The van der Waals surface area contributed by atoms with Gasteiger partial charge in [-0.25, -0.2) is 4.98 Å². The number of nitrogens with zero attached hydrogens (tertiary/aromatic N) is 2. The van der Waals surface area contributed by atoms with Crippen molar-refractivity contribution < 1.29 is 4.79 Å². The van der Waals surface area contributed by atoms with Gasteiger partial charge in [-0.2, -0.15) is 0 Å². The minimum atomic E-state index is 0. The first-order valence-corrected chi connectivity index (χ1v) is 8.45. The van der Waals surface area contributed by atoms with Gasteiger partial charge in [-0.05, 0) is 56.2 Å². The van der Waals surface area contributed by atoms with E-state index in [1.807, 2.05) is 12.3 Å². The van der Waals surface area contributed by atoms with Crippen LogP contribution in [0, 0.1) is 5.92 Å². The summed E-state index contributed by atoms with van der Waals surface area (Å²) in [6.07, 6.45) is 8.35. The summed E-state index contributed by atoms with van der Waals surface area (Å²) < 4.78 is 0. The molecular weight excluding hydrogens is 347 g/mol. The molecule has 0 spiro atoms. The smallest absolute Gasteiger partial charge is 0.223 e. The quantitative estimate of drug-likeness (QED) is 0.849. The van der Waals surface area contributed by atoms with Crippen LogP contribution < -0.4 is 16.0 Å². The number of nitrogens with two attached hydrogens (primary N) is 1. The van der Waals surface area contributed by atoms with Gasteiger partial charge in [-0.15, -0.1) is 24.8 Å². The molecule has 0 bridgehead atoms. The Morgan fingerprint density at radius 1 is 1.25 bits per heavy atom. The zero-order valence-electron chi connectivity index (χ0n) is 13.9. The van der Waals surface area contributed by atoms with Gasteiger partial charge in [0.15, 0.2) is 0 Å². The third kappa shape index (κ3) is 5.50. The molecule has 0 aromatic carbocycles. The normalized spacial score (nSPS) is 23.1. The number of rotatable bonds is 4. The van der Waals surface area contributed by atoms with E-state index in [1.165, 1.54) is 19.3 Å². The summed E-state index contributed by atoms with van der Waals surface area (Å²) in [5.74, 6) is 1.28. The number of carbonyl (C=O) groups excluding carboxylic acids is 1. The molecule has 24 heavy (non-hydrogen) atoms. The molecule has 7 heteroatoms. The molecule has 1 saturated carbocycles. The Morgan fingerprint density at radius 3 is 2.67 bits per heavy atom. The minimum absolute atomic E-state index is 0. The molecule has 1 aliphatic carbocycles. The lowest BCUT2D eigenvalue weighted by molar-refractivity contribution is -0.125. The van der Waals surface area contributed by atoms with Crippen molar-refractivity contribution in [3.8, 4) is 0 Å². The summed E-state index contributed by atoms with van der Waals surface area (Å²) in [6.45, 7) is 2.75. The number of amides is 1. The van der Waals surface area contributed by atoms with Gasteiger partial charge in [0, 0.05) is 37.8 Å². The fraction of sp³-hybridized carbons (Fsp3) is 0.647. The van der Waals surface area contributed by atoms with E-state index in [-0.39, 0.29) is 42.7 Å². The molecule has 3 rings (SSSR count). The number of carbonyl (C=O) groups is 1. The number of anilines is 1. The van der Waals surface area contributed by atoms with E-state index in [9.17, 15) is 4.79 Å². The standard InChI is InChI=1S/C17H26N4O.2ClH/c18-15-5-4-14(11-15)17(22)20-12-13-6-7-19-16(10-13)21-8-2-1-3-9-21;;/h6-7,10,14-15H,1-5,8-9,11-12,18H2,(H,20,22);2*1H. The third-order valence-electron chi connectivity index (χ3n) is 4.80. The highest BCUT2D eigenvalue weighted by Crippen LogP contribution is 2.24. The Bertz CT molecular complexity index is 523. The van der Waals surface area contributed by atoms with Crippen molar-refractivity contribution in [1.29, 1.82) is 0 Å². The fourth-order valence-electron chi connectivity index (χ4n) is 3.45. The molecular formula is C17H28Cl2N4O. The second kappa shape index (κ2) is 10.1. The molecule has 1 aromatic heterocycles. The van der Waals surface area contributed by atoms with Crippen LogP contribution in [-0.4, -0.2) is 30.0 Å². The summed E-state index contributed by atoms with van der Waals surface area (Å²) >= 11 is 0. The average Bonchev–Trinajstić information content (AvgIpc) is 3.00. The first kappa shape index (κ1) is 21.0. The van der Waals surface area contributed by atoms with Crippen LogP contribution in [0.1, 0.15) is 44.1 Å². The molecule has 2 heterocycles. The number of piperidine rings is 1. The van der Waals surface area contributed by atoms with Crippen LogP contribution in [0.15, 0.2) is 18.3 Å². The molecule has 2 fully saturated rings. The Hall–Kier alpha value is -1.04. The van der Waals surface area contributed by atoms with Crippen LogP contribution in [0.3, 0.4) is 0 Å². The van der Waals surface area contributed by atoms with Gasteiger partial charge >= 0.3 is 0 Å². The highest BCUT2D eigenvalue weighted by molar-refractivity contribution is 5.85. The maximum Gasteiger partial charge on any atom is 0.223 e. The van der Waals surface area contributed by atoms with Gasteiger partial charge in [0.25, 0.3) is 0 Å². The van der Waals surface area contributed by atoms with Crippen molar-refractivity contribution in [2.75, 3.05) is 18.0 Å². The Balaban J connectivity index is 0.00000144. The summed E-state index contributed by atoms with van der Waals surface area (Å²) in [7, 11) is 0. The minimum Gasteiger partial charge on any atom is -0.357 e. The predicted octanol–water partition coefficient (Wildman–Crippen LogP) is 2.66. The lowest BCUT2D eigenvalue weighted by Gasteiger charge is -2.28. The molecule has 3 N–H and O–H groups in total. The number of halogens is 2. The number of pyridine rings is 1. The molecule has 2 atom stereocenters.